The number of carbonyl (C=O) groups is 2. The maximum atomic E-state index is 12.3. The smallest absolute Gasteiger partial charge is 0.319 e. The molecule has 2 N–H and O–H groups in total. The van der Waals surface area contributed by atoms with E-state index in [9.17, 15) is 9.59 Å². The molecule has 0 spiro atoms. The average molecular weight is 353 g/mol. The number of aryl methyl sites for hydroxylation is 1. The number of para-hydroxylation sites is 2. The largest absolute Gasteiger partial charge is 0.495 e. The van der Waals surface area contributed by atoms with Gasteiger partial charge < -0.3 is 20.3 Å². The van der Waals surface area contributed by atoms with Crippen molar-refractivity contribution in [2.75, 3.05) is 30.4 Å². The lowest BCUT2D eigenvalue weighted by molar-refractivity contribution is -0.117. The summed E-state index contributed by atoms with van der Waals surface area (Å²) < 4.78 is 5.22. The van der Waals surface area contributed by atoms with Crippen molar-refractivity contribution >= 4 is 23.3 Å². The lowest BCUT2D eigenvalue weighted by Gasteiger charge is -2.17. The molecule has 0 aliphatic carbocycles. The van der Waals surface area contributed by atoms with E-state index in [0.717, 1.165) is 11.3 Å². The van der Waals surface area contributed by atoms with Crippen LogP contribution in [0.4, 0.5) is 16.2 Å². The zero-order chi connectivity index (χ0) is 18.5. The second-order valence-corrected chi connectivity index (χ2v) is 6.45. The Morgan fingerprint density at radius 2 is 1.92 bits per heavy atom. The normalized spacial score (nSPS) is 16.5. The van der Waals surface area contributed by atoms with Gasteiger partial charge in [-0.05, 0) is 31.2 Å². The number of urea groups is 1. The van der Waals surface area contributed by atoms with Gasteiger partial charge in [0.1, 0.15) is 5.75 Å². The number of amides is 3. The maximum absolute atomic E-state index is 12.3. The van der Waals surface area contributed by atoms with Crippen LogP contribution in [0.3, 0.4) is 0 Å². The van der Waals surface area contributed by atoms with Crippen LogP contribution in [-0.2, 0) is 4.79 Å². The average Bonchev–Trinajstić information content (AvgIpc) is 3.02. The summed E-state index contributed by atoms with van der Waals surface area (Å²) in [5, 5.41) is 5.61. The van der Waals surface area contributed by atoms with Crippen molar-refractivity contribution in [2.45, 2.75) is 13.3 Å². The zero-order valence-electron chi connectivity index (χ0n) is 15.0. The van der Waals surface area contributed by atoms with Crippen LogP contribution in [0.25, 0.3) is 0 Å². The fraction of sp³-hybridized carbons (Fsp3) is 0.300. The summed E-state index contributed by atoms with van der Waals surface area (Å²) in [6.45, 7) is 3.06. The third-order valence-corrected chi connectivity index (χ3v) is 4.46. The summed E-state index contributed by atoms with van der Waals surface area (Å²) in [6, 6.07) is 14.8. The molecule has 0 saturated carbocycles. The van der Waals surface area contributed by atoms with Gasteiger partial charge in [-0.15, -0.1) is 0 Å². The molecule has 0 radical (unpaired) electrons. The molecule has 1 aliphatic heterocycles. The molecule has 26 heavy (non-hydrogen) atoms. The highest BCUT2D eigenvalue weighted by molar-refractivity contribution is 5.96. The van der Waals surface area contributed by atoms with Gasteiger partial charge in [0, 0.05) is 31.1 Å². The molecule has 3 amide bonds. The number of rotatable bonds is 5. The van der Waals surface area contributed by atoms with Crippen LogP contribution in [0.2, 0.25) is 0 Å². The second-order valence-electron chi connectivity index (χ2n) is 6.45. The van der Waals surface area contributed by atoms with E-state index in [4.69, 9.17) is 4.74 Å². The molecule has 0 aromatic heterocycles. The maximum Gasteiger partial charge on any atom is 0.319 e. The monoisotopic (exact) mass is 353 g/mol. The molecule has 136 valence electrons. The van der Waals surface area contributed by atoms with Crippen molar-refractivity contribution < 1.29 is 14.3 Å². The molecule has 1 saturated heterocycles. The standard InChI is InChI=1S/C20H23N3O3/c1-14-7-9-16(10-8-14)23-13-15(11-19(23)24)12-21-20(25)22-17-5-3-4-6-18(17)26-2/h3-10,15H,11-13H2,1-2H3,(H2,21,22,25). The van der Waals surface area contributed by atoms with Crippen LogP contribution in [0.1, 0.15) is 12.0 Å². The van der Waals surface area contributed by atoms with E-state index in [0.29, 0.717) is 30.9 Å². The molecule has 1 aliphatic rings. The summed E-state index contributed by atoms with van der Waals surface area (Å²) in [4.78, 5) is 26.2. The Balaban J connectivity index is 1.53. The second kappa shape index (κ2) is 7.91. The highest BCUT2D eigenvalue weighted by atomic mass is 16.5. The summed E-state index contributed by atoms with van der Waals surface area (Å²) in [5.74, 6) is 0.780. The highest BCUT2D eigenvalue weighted by Gasteiger charge is 2.30. The molecule has 2 aromatic carbocycles. The van der Waals surface area contributed by atoms with E-state index in [-0.39, 0.29) is 17.9 Å². The van der Waals surface area contributed by atoms with E-state index in [1.807, 2.05) is 43.3 Å². The quantitative estimate of drug-likeness (QED) is 0.867. The molecular weight excluding hydrogens is 330 g/mol. The molecule has 2 aromatic rings. The molecule has 3 rings (SSSR count). The fourth-order valence-electron chi connectivity index (χ4n) is 3.04. The van der Waals surface area contributed by atoms with Gasteiger partial charge in [-0.25, -0.2) is 4.79 Å². The Kier molecular flexibility index (Phi) is 5.41. The summed E-state index contributed by atoms with van der Waals surface area (Å²) in [6.07, 6.45) is 0.433. The van der Waals surface area contributed by atoms with Crippen molar-refractivity contribution in [3.8, 4) is 5.75 Å². The van der Waals surface area contributed by atoms with Gasteiger partial charge in [0.05, 0.1) is 12.8 Å². The summed E-state index contributed by atoms with van der Waals surface area (Å²) >= 11 is 0. The Morgan fingerprint density at radius 3 is 2.65 bits per heavy atom. The van der Waals surface area contributed by atoms with E-state index in [2.05, 4.69) is 10.6 Å². The molecule has 0 bridgehead atoms. The van der Waals surface area contributed by atoms with Crippen LogP contribution < -0.4 is 20.3 Å². The Hall–Kier alpha value is -3.02. The lowest BCUT2D eigenvalue weighted by atomic mass is 10.1. The SMILES string of the molecule is COc1ccccc1NC(=O)NCC1CC(=O)N(c2ccc(C)cc2)C1. The summed E-state index contributed by atoms with van der Waals surface area (Å²) in [7, 11) is 1.56. The highest BCUT2D eigenvalue weighted by Crippen LogP contribution is 2.25. The first-order valence-electron chi connectivity index (χ1n) is 8.61. The van der Waals surface area contributed by atoms with Gasteiger partial charge in [0.15, 0.2) is 0 Å². The number of nitrogens with one attached hydrogen (secondary N) is 2. The number of ether oxygens (including phenoxy) is 1. The third kappa shape index (κ3) is 4.14. The summed E-state index contributed by atoms with van der Waals surface area (Å²) in [5.41, 5.74) is 2.67. The van der Waals surface area contributed by atoms with Gasteiger partial charge in [-0.2, -0.15) is 0 Å². The topological polar surface area (TPSA) is 70.7 Å². The van der Waals surface area contributed by atoms with Gasteiger partial charge in [-0.3, -0.25) is 4.79 Å². The van der Waals surface area contributed by atoms with Crippen molar-refractivity contribution in [1.29, 1.82) is 0 Å². The minimum Gasteiger partial charge on any atom is -0.495 e. The van der Waals surface area contributed by atoms with Crippen LogP contribution in [0.15, 0.2) is 48.5 Å². The first-order chi connectivity index (χ1) is 12.6. The molecule has 1 unspecified atom stereocenters. The number of benzene rings is 2. The van der Waals surface area contributed by atoms with Gasteiger partial charge in [0.2, 0.25) is 5.91 Å². The number of hydrogen-bond acceptors (Lipinski definition) is 3. The van der Waals surface area contributed by atoms with Crippen molar-refractivity contribution in [1.82, 2.24) is 5.32 Å². The third-order valence-electron chi connectivity index (χ3n) is 4.46. The predicted molar refractivity (Wildman–Crippen MR) is 102 cm³/mol. The van der Waals surface area contributed by atoms with Crippen LogP contribution >= 0.6 is 0 Å². The minimum atomic E-state index is -0.310. The molecule has 6 nitrogen and oxygen atoms in total. The van der Waals surface area contributed by atoms with Crippen LogP contribution in [0, 0.1) is 12.8 Å². The number of methoxy groups -OCH3 is 1. The van der Waals surface area contributed by atoms with Gasteiger partial charge >= 0.3 is 6.03 Å². The Bertz CT molecular complexity index is 789. The van der Waals surface area contributed by atoms with Crippen LogP contribution in [-0.4, -0.2) is 32.1 Å². The van der Waals surface area contributed by atoms with E-state index < -0.39 is 0 Å². The Labute approximate surface area is 153 Å². The van der Waals surface area contributed by atoms with Gasteiger partial charge in [-0.1, -0.05) is 29.8 Å². The number of nitrogens with zero attached hydrogens (tertiary/aromatic N) is 1. The van der Waals surface area contributed by atoms with E-state index >= 15 is 0 Å². The number of anilines is 2. The predicted octanol–water partition coefficient (Wildman–Crippen LogP) is 3.18. The van der Waals surface area contributed by atoms with Crippen LogP contribution in [0.5, 0.6) is 5.75 Å². The van der Waals surface area contributed by atoms with Crippen molar-refractivity contribution in [3.05, 3.63) is 54.1 Å². The fourth-order valence-corrected chi connectivity index (χ4v) is 3.04. The zero-order valence-corrected chi connectivity index (χ0v) is 15.0. The van der Waals surface area contributed by atoms with Gasteiger partial charge in [0.25, 0.3) is 0 Å². The lowest BCUT2D eigenvalue weighted by Crippen LogP contribution is -2.34. The van der Waals surface area contributed by atoms with Crippen molar-refractivity contribution in [2.24, 2.45) is 5.92 Å². The molecule has 6 heteroatoms. The first kappa shape index (κ1) is 17.8. The van der Waals surface area contributed by atoms with E-state index in [1.54, 1.807) is 24.1 Å². The van der Waals surface area contributed by atoms with Crippen molar-refractivity contribution in [3.63, 3.8) is 0 Å². The number of carbonyl (C=O) groups excluding carboxylic acids is 2. The molecular formula is C20H23N3O3. The molecule has 1 atom stereocenters. The number of hydrogen-bond donors (Lipinski definition) is 2. The Morgan fingerprint density at radius 1 is 1.19 bits per heavy atom. The minimum absolute atomic E-state index is 0.0887. The molecule has 1 fully saturated rings. The van der Waals surface area contributed by atoms with E-state index in [1.165, 1.54) is 0 Å². The molecule has 1 heterocycles. The first-order valence-corrected chi connectivity index (χ1v) is 8.61.